The van der Waals surface area contributed by atoms with Crippen LogP contribution >= 0.6 is 58.0 Å². The largest absolute Gasteiger partial charge is 0.479 e. The average molecular weight is 457 g/mol. The molecule has 0 aliphatic rings. The van der Waals surface area contributed by atoms with Crippen LogP contribution in [0.3, 0.4) is 0 Å². The summed E-state index contributed by atoms with van der Waals surface area (Å²) < 4.78 is 10.6. The lowest BCUT2D eigenvalue weighted by Gasteiger charge is -2.19. The molecule has 2 aromatic carbocycles. The molecule has 0 saturated carbocycles. The summed E-state index contributed by atoms with van der Waals surface area (Å²) in [6.07, 6.45) is 0. The van der Waals surface area contributed by atoms with Crippen molar-refractivity contribution in [3.63, 3.8) is 0 Å². The molecule has 3 nitrogen and oxygen atoms in total. The average Bonchev–Trinajstić information content (AvgIpc) is 2.58. The van der Waals surface area contributed by atoms with Crippen LogP contribution in [0.4, 0.5) is 0 Å². The van der Waals surface area contributed by atoms with E-state index in [9.17, 15) is 4.79 Å². The van der Waals surface area contributed by atoms with Crippen molar-refractivity contribution in [3.8, 4) is 11.5 Å². The molecule has 0 saturated heterocycles. The summed E-state index contributed by atoms with van der Waals surface area (Å²) in [5, 5.41) is -0.0771. The molecule has 0 aliphatic carbocycles. The second-order valence-corrected chi connectivity index (χ2v) is 8.33. The van der Waals surface area contributed by atoms with Gasteiger partial charge in [0.25, 0.3) is 0 Å². The van der Waals surface area contributed by atoms with Crippen LogP contribution in [0.25, 0.3) is 0 Å². The summed E-state index contributed by atoms with van der Waals surface area (Å²) in [4.78, 5) is 12.0. The van der Waals surface area contributed by atoms with Crippen LogP contribution in [0.2, 0.25) is 25.1 Å². The molecule has 8 heteroatoms. The molecule has 140 valence electrons. The van der Waals surface area contributed by atoms with Gasteiger partial charge in [-0.3, -0.25) is 0 Å². The van der Waals surface area contributed by atoms with Crippen molar-refractivity contribution in [1.29, 1.82) is 0 Å². The maximum atomic E-state index is 12.0. The van der Waals surface area contributed by atoms with E-state index in [0.29, 0.717) is 5.75 Å². The first kappa shape index (κ1) is 21.5. The SMILES string of the molecule is CC(C)(C)c1ccc(OC(=O)COc2c(Cl)c(Cl)c(Cl)c(Cl)c2Cl)cc1. The predicted molar refractivity (Wildman–Crippen MR) is 108 cm³/mol. The lowest BCUT2D eigenvalue weighted by atomic mass is 9.87. The van der Waals surface area contributed by atoms with Crippen LogP contribution in [-0.2, 0) is 10.2 Å². The van der Waals surface area contributed by atoms with Crippen LogP contribution in [0.15, 0.2) is 24.3 Å². The first-order chi connectivity index (χ1) is 12.0. The molecule has 0 bridgehead atoms. The maximum absolute atomic E-state index is 12.0. The minimum atomic E-state index is -0.636. The quantitative estimate of drug-likeness (QED) is 0.211. The summed E-state index contributed by atoms with van der Waals surface area (Å²) >= 11 is 29.9. The number of benzene rings is 2. The normalized spacial score (nSPS) is 11.4. The van der Waals surface area contributed by atoms with Crippen molar-refractivity contribution in [3.05, 3.63) is 54.9 Å². The number of esters is 1. The Morgan fingerprint density at radius 1 is 0.846 bits per heavy atom. The summed E-state index contributed by atoms with van der Waals surface area (Å²) in [7, 11) is 0. The van der Waals surface area contributed by atoms with Crippen LogP contribution in [0.5, 0.6) is 11.5 Å². The minimum Gasteiger partial charge on any atom is -0.479 e. The highest BCUT2D eigenvalue weighted by molar-refractivity contribution is 6.55. The second-order valence-electron chi connectivity index (χ2n) is 6.44. The summed E-state index contributed by atoms with van der Waals surface area (Å²) in [5.74, 6) is -0.272. The van der Waals surface area contributed by atoms with E-state index in [1.807, 2.05) is 12.1 Å². The summed E-state index contributed by atoms with van der Waals surface area (Å²) in [6, 6.07) is 7.23. The third-order valence-corrected chi connectivity index (χ3v) is 5.70. The van der Waals surface area contributed by atoms with Crippen molar-refractivity contribution in [1.82, 2.24) is 0 Å². The van der Waals surface area contributed by atoms with Gasteiger partial charge in [-0.25, -0.2) is 4.79 Å². The van der Waals surface area contributed by atoms with Gasteiger partial charge in [-0.15, -0.1) is 0 Å². The van der Waals surface area contributed by atoms with Crippen molar-refractivity contribution < 1.29 is 14.3 Å². The van der Waals surface area contributed by atoms with Gasteiger partial charge in [0.15, 0.2) is 12.4 Å². The molecule has 0 amide bonds. The molecule has 2 rings (SSSR count). The van der Waals surface area contributed by atoms with Crippen LogP contribution in [0.1, 0.15) is 26.3 Å². The van der Waals surface area contributed by atoms with Crippen molar-refractivity contribution in [2.24, 2.45) is 0 Å². The molecular formula is C18H15Cl5O3. The Morgan fingerprint density at radius 2 is 1.31 bits per heavy atom. The van der Waals surface area contributed by atoms with E-state index >= 15 is 0 Å². The zero-order chi connectivity index (χ0) is 19.6. The molecule has 2 aromatic rings. The molecule has 26 heavy (non-hydrogen) atoms. The number of carbonyl (C=O) groups excluding carboxylic acids is 1. The maximum Gasteiger partial charge on any atom is 0.349 e. The monoisotopic (exact) mass is 454 g/mol. The number of rotatable bonds is 4. The predicted octanol–water partition coefficient (Wildman–Crippen LogP) is 7.24. The van der Waals surface area contributed by atoms with Crippen LogP contribution in [0, 0.1) is 0 Å². The molecule has 0 radical (unpaired) electrons. The number of hydrogen-bond donors (Lipinski definition) is 0. The van der Waals surface area contributed by atoms with E-state index in [4.69, 9.17) is 67.5 Å². The number of carbonyl (C=O) groups is 1. The molecular weight excluding hydrogens is 441 g/mol. The van der Waals surface area contributed by atoms with Gasteiger partial charge in [0, 0.05) is 0 Å². The van der Waals surface area contributed by atoms with E-state index < -0.39 is 12.6 Å². The molecule has 0 aliphatic heterocycles. The molecule has 0 aromatic heterocycles. The van der Waals surface area contributed by atoms with Crippen molar-refractivity contribution in [2.45, 2.75) is 26.2 Å². The molecule has 0 unspecified atom stereocenters. The minimum absolute atomic E-state index is 0.00622. The van der Waals surface area contributed by atoms with E-state index in [1.165, 1.54) is 0 Å². The summed E-state index contributed by atoms with van der Waals surface area (Å²) in [6.45, 7) is 5.85. The number of ether oxygens (including phenoxy) is 2. The fourth-order valence-electron chi connectivity index (χ4n) is 2.03. The molecule has 0 heterocycles. The zero-order valence-corrected chi connectivity index (χ0v) is 17.9. The Kier molecular flexibility index (Phi) is 6.98. The van der Waals surface area contributed by atoms with E-state index in [2.05, 4.69) is 20.8 Å². The Morgan fingerprint density at radius 3 is 1.77 bits per heavy atom. The first-order valence-corrected chi connectivity index (χ1v) is 9.36. The van der Waals surface area contributed by atoms with E-state index in [1.54, 1.807) is 12.1 Å². The molecule has 0 N–H and O–H groups in total. The number of halogens is 5. The number of hydrogen-bond acceptors (Lipinski definition) is 3. The standard InChI is InChI=1S/C18H15Cl5O3/c1-18(2,3)9-4-6-10(7-5-9)26-11(24)8-25-17-15(22)13(20)12(19)14(21)16(17)23/h4-7H,8H2,1-3H3. The Balaban J connectivity index is 2.06. The third-order valence-electron chi connectivity index (χ3n) is 3.46. The first-order valence-electron chi connectivity index (χ1n) is 7.48. The van der Waals surface area contributed by atoms with Gasteiger partial charge >= 0.3 is 5.97 Å². The van der Waals surface area contributed by atoms with Gasteiger partial charge in [-0.1, -0.05) is 90.9 Å². The van der Waals surface area contributed by atoms with Gasteiger partial charge < -0.3 is 9.47 Å². The topological polar surface area (TPSA) is 35.5 Å². The highest BCUT2D eigenvalue weighted by Gasteiger charge is 2.21. The fraction of sp³-hybridized carbons (Fsp3) is 0.278. The van der Waals surface area contributed by atoms with Crippen molar-refractivity contribution in [2.75, 3.05) is 6.61 Å². The smallest absolute Gasteiger partial charge is 0.349 e. The molecule has 0 spiro atoms. The lowest BCUT2D eigenvalue weighted by Crippen LogP contribution is -2.18. The highest BCUT2D eigenvalue weighted by atomic mass is 35.5. The molecule has 0 fully saturated rings. The molecule has 0 atom stereocenters. The second kappa shape index (κ2) is 8.45. The Labute approximate surface area is 177 Å². The Hall–Kier alpha value is -0.840. The van der Waals surface area contributed by atoms with Gasteiger partial charge in [0.05, 0.1) is 15.1 Å². The van der Waals surface area contributed by atoms with Gasteiger partial charge in [-0.05, 0) is 23.1 Å². The fourth-order valence-corrected chi connectivity index (χ4v) is 3.26. The van der Waals surface area contributed by atoms with Crippen molar-refractivity contribution >= 4 is 64.0 Å². The lowest BCUT2D eigenvalue weighted by molar-refractivity contribution is -0.136. The van der Waals surface area contributed by atoms with E-state index in [0.717, 1.165) is 5.56 Å². The van der Waals surface area contributed by atoms with Gasteiger partial charge in [0.2, 0.25) is 0 Å². The highest BCUT2D eigenvalue weighted by Crippen LogP contribution is 2.48. The third kappa shape index (κ3) is 4.90. The van der Waals surface area contributed by atoms with Gasteiger partial charge in [-0.2, -0.15) is 0 Å². The summed E-state index contributed by atoms with van der Waals surface area (Å²) in [5.41, 5.74) is 1.13. The van der Waals surface area contributed by atoms with Crippen LogP contribution < -0.4 is 9.47 Å². The zero-order valence-electron chi connectivity index (χ0n) is 14.1. The van der Waals surface area contributed by atoms with Crippen LogP contribution in [-0.4, -0.2) is 12.6 Å². The van der Waals surface area contributed by atoms with Gasteiger partial charge in [0.1, 0.15) is 15.8 Å². The van der Waals surface area contributed by atoms with E-state index in [-0.39, 0.29) is 36.3 Å². The Bertz CT molecular complexity index is 797.